The van der Waals surface area contributed by atoms with E-state index in [9.17, 15) is 0 Å². The summed E-state index contributed by atoms with van der Waals surface area (Å²) in [5.41, 5.74) is 6.58. The Bertz CT molecular complexity index is 1060. The third-order valence-electron chi connectivity index (χ3n) is 4.68. The summed E-state index contributed by atoms with van der Waals surface area (Å²) in [5.74, 6) is 1.27. The van der Waals surface area contributed by atoms with E-state index in [0.29, 0.717) is 11.8 Å². The molecule has 0 saturated heterocycles. The van der Waals surface area contributed by atoms with Gasteiger partial charge in [0.15, 0.2) is 0 Å². The lowest BCUT2D eigenvalue weighted by molar-refractivity contribution is 0.574. The summed E-state index contributed by atoms with van der Waals surface area (Å²) in [6.07, 6.45) is 6.47. The lowest BCUT2D eigenvalue weighted by Gasteiger charge is -2.06. The van der Waals surface area contributed by atoms with Crippen LogP contribution in [0.1, 0.15) is 0 Å². The van der Waals surface area contributed by atoms with E-state index in [0.717, 1.165) is 22.3 Å². The van der Waals surface area contributed by atoms with Crippen molar-refractivity contribution in [3.8, 4) is 45.2 Å². The van der Waals surface area contributed by atoms with Crippen molar-refractivity contribution < 1.29 is 8.83 Å². The number of oxazole rings is 2. The van der Waals surface area contributed by atoms with Crippen molar-refractivity contribution in [2.45, 2.75) is 0 Å². The molecule has 3 aromatic carbocycles. The van der Waals surface area contributed by atoms with Gasteiger partial charge in [0.2, 0.25) is 11.8 Å². The Kier molecular flexibility index (Phi) is 4.07. The molecule has 0 aliphatic rings. The fraction of sp³-hybridized carbons (Fsp3) is 0. The van der Waals surface area contributed by atoms with Crippen LogP contribution < -0.4 is 0 Å². The second-order valence-electron chi connectivity index (χ2n) is 6.41. The van der Waals surface area contributed by atoms with E-state index in [4.69, 9.17) is 8.83 Å². The van der Waals surface area contributed by atoms with Crippen LogP contribution in [-0.2, 0) is 0 Å². The highest BCUT2D eigenvalue weighted by atomic mass is 16.3. The zero-order chi connectivity index (χ0) is 18.8. The molecular weight excluding hydrogens is 348 g/mol. The van der Waals surface area contributed by atoms with E-state index < -0.39 is 0 Å². The molecule has 5 aromatic rings. The van der Waals surface area contributed by atoms with Crippen molar-refractivity contribution in [3.05, 3.63) is 97.7 Å². The summed E-state index contributed by atoms with van der Waals surface area (Å²) < 4.78 is 10.7. The third-order valence-corrected chi connectivity index (χ3v) is 4.68. The monoisotopic (exact) mass is 364 g/mol. The molecule has 28 heavy (non-hydrogen) atoms. The fourth-order valence-corrected chi connectivity index (χ4v) is 3.20. The maximum atomic E-state index is 5.34. The highest BCUT2D eigenvalue weighted by molar-refractivity contribution is 5.73. The van der Waals surface area contributed by atoms with Gasteiger partial charge in [0, 0.05) is 11.1 Å². The van der Waals surface area contributed by atoms with Crippen LogP contribution in [-0.4, -0.2) is 9.97 Å². The largest absolute Gasteiger partial charge is 0.445 e. The van der Waals surface area contributed by atoms with E-state index in [1.165, 1.54) is 11.1 Å². The molecule has 0 spiro atoms. The van der Waals surface area contributed by atoms with E-state index in [2.05, 4.69) is 58.5 Å². The van der Waals surface area contributed by atoms with E-state index >= 15 is 0 Å². The molecule has 0 N–H and O–H groups in total. The summed E-state index contributed by atoms with van der Waals surface area (Å²) in [7, 11) is 0. The number of hydrogen-bond acceptors (Lipinski definition) is 4. The minimum Gasteiger partial charge on any atom is -0.445 e. The Labute approximate surface area is 162 Å². The first-order valence-corrected chi connectivity index (χ1v) is 8.97. The molecule has 2 aromatic heterocycles. The van der Waals surface area contributed by atoms with Crippen LogP contribution >= 0.6 is 0 Å². The molecule has 4 heteroatoms. The molecule has 0 atom stereocenters. The van der Waals surface area contributed by atoms with Crippen LogP contribution in [0.3, 0.4) is 0 Å². The van der Waals surface area contributed by atoms with Crippen molar-refractivity contribution in [1.82, 2.24) is 9.97 Å². The predicted octanol–water partition coefficient (Wildman–Crippen LogP) is 6.33. The molecular formula is C24H16N2O2. The van der Waals surface area contributed by atoms with Gasteiger partial charge in [-0.25, -0.2) is 9.97 Å². The fourth-order valence-electron chi connectivity index (χ4n) is 3.20. The molecule has 0 saturated carbocycles. The number of rotatable bonds is 4. The predicted molar refractivity (Wildman–Crippen MR) is 108 cm³/mol. The first kappa shape index (κ1) is 16.3. The van der Waals surface area contributed by atoms with Crippen LogP contribution in [0.4, 0.5) is 0 Å². The smallest absolute Gasteiger partial charge is 0.225 e. The first-order chi connectivity index (χ1) is 13.9. The number of nitrogens with zero attached hydrogens (tertiary/aromatic N) is 2. The average molecular weight is 364 g/mol. The molecule has 0 aliphatic heterocycles. The van der Waals surface area contributed by atoms with Gasteiger partial charge < -0.3 is 8.83 Å². The van der Waals surface area contributed by atoms with Crippen LogP contribution in [0.5, 0.6) is 0 Å². The molecule has 2 heterocycles. The minimum atomic E-state index is 0.634. The summed E-state index contributed by atoms with van der Waals surface area (Å²) in [5, 5.41) is 0. The highest BCUT2D eigenvalue weighted by Crippen LogP contribution is 2.28. The Balaban J connectivity index is 1.37. The number of aromatic nitrogens is 2. The maximum Gasteiger partial charge on any atom is 0.225 e. The first-order valence-electron chi connectivity index (χ1n) is 8.97. The van der Waals surface area contributed by atoms with Gasteiger partial charge in [-0.05, 0) is 46.5 Å². The normalized spacial score (nSPS) is 10.9. The second-order valence-corrected chi connectivity index (χ2v) is 6.41. The second kappa shape index (κ2) is 7.00. The molecule has 0 fully saturated rings. The number of benzene rings is 3. The van der Waals surface area contributed by atoms with Crippen molar-refractivity contribution in [1.29, 1.82) is 0 Å². The van der Waals surface area contributed by atoms with Gasteiger partial charge in [0.25, 0.3) is 0 Å². The van der Waals surface area contributed by atoms with Crippen LogP contribution in [0.25, 0.3) is 45.2 Å². The van der Waals surface area contributed by atoms with E-state index in [1.54, 1.807) is 24.9 Å². The Morgan fingerprint density at radius 3 is 0.929 bits per heavy atom. The molecule has 0 aliphatic carbocycles. The van der Waals surface area contributed by atoms with Gasteiger partial charge in [0.1, 0.15) is 12.5 Å². The van der Waals surface area contributed by atoms with E-state index in [-0.39, 0.29) is 0 Å². The molecule has 0 bridgehead atoms. The van der Waals surface area contributed by atoms with Crippen LogP contribution in [0.2, 0.25) is 0 Å². The van der Waals surface area contributed by atoms with Gasteiger partial charge in [0.05, 0.1) is 12.4 Å². The molecule has 0 radical (unpaired) electrons. The molecule has 4 nitrogen and oxygen atoms in total. The standard InChI is InChI=1S/C24H16N2O2/c1-2-18(20-7-11-22(12-8-20)24-26-14-16-28-24)4-3-17(1)19-5-9-21(10-6-19)23-25-13-15-27-23/h1-16H. The quantitative estimate of drug-likeness (QED) is 0.374. The van der Waals surface area contributed by atoms with Gasteiger partial charge in [-0.2, -0.15) is 0 Å². The summed E-state index contributed by atoms with van der Waals surface area (Å²) in [4.78, 5) is 8.36. The SMILES string of the molecule is c1coc(-c2ccc(-c3ccc(-c4ccc(-c5ncco5)cc4)cc3)cc2)n1. The van der Waals surface area contributed by atoms with Crippen molar-refractivity contribution in [2.75, 3.05) is 0 Å². The molecule has 5 rings (SSSR count). The van der Waals surface area contributed by atoms with Crippen molar-refractivity contribution >= 4 is 0 Å². The lowest BCUT2D eigenvalue weighted by Crippen LogP contribution is -1.83. The van der Waals surface area contributed by atoms with Crippen LogP contribution in [0, 0.1) is 0 Å². The van der Waals surface area contributed by atoms with Crippen molar-refractivity contribution in [2.24, 2.45) is 0 Å². The van der Waals surface area contributed by atoms with Gasteiger partial charge in [-0.1, -0.05) is 48.5 Å². The van der Waals surface area contributed by atoms with E-state index in [1.807, 2.05) is 24.3 Å². The highest BCUT2D eigenvalue weighted by Gasteiger charge is 2.06. The Morgan fingerprint density at radius 2 is 0.679 bits per heavy atom. The zero-order valence-corrected chi connectivity index (χ0v) is 14.9. The van der Waals surface area contributed by atoms with Gasteiger partial charge in [-0.15, -0.1) is 0 Å². The summed E-state index contributed by atoms with van der Waals surface area (Å²) >= 11 is 0. The number of hydrogen-bond donors (Lipinski definition) is 0. The zero-order valence-electron chi connectivity index (χ0n) is 14.9. The summed E-state index contributed by atoms with van der Waals surface area (Å²) in [6.45, 7) is 0. The minimum absolute atomic E-state index is 0.634. The Hall–Kier alpha value is -3.92. The van der Waals surface area contributed by atoms with Gasteiger partial charge in [-0.3, -0.25) is 0 Å². The summed E-state index contributed by atoms with van der Waals surface area (Å²) in [6, 6.07) is 25.0. The maximum absolute atomic E-state index is 5.34. The van der Waals surface area contributed by atoms with Crippen LogP contribution in [0.15, 0.2) is 107 Å². The Morgan fingerprint density at radius 1 is 0.393 bits per heavy atom. The lowest BCUT2D eigenvalue weighted by atomic mass is 9.99. The molecule has 134 valence electrons. The average Bonchev–Trinajstić information content (AvgIpc) is 3.49. The van der Waals surface area contributed by atoms with Gasteiger partial charge >= 0.3 is 0 Å². The topological polar surface area (TPSA) is 52.1 Å². The van der Waals surface area contributed by atoms with Crippen molar-refractivity contribution in [3.63, 3.8) is 0 Å². The molecule has 0 amide bonds. The molecule has 0 unspecified atom stereocenters. The third kappa shape index (κ3) is 3.12.